The number of esters is 1. The number of hydrogen-bond acceptors (Lipinski definition) is 9. The molecule has 0 bridgehead atoms. The fourth-order valence-electron chi connectivity index (χ4n) is 5.83. The number of carbonyl (C=O) groups is 3. The van der Waals surface area contributed by atoms with Gasteiger partial charge in [0.1, 0.15) is 0 Å². The Bertz CT molecular complexity index is 1430. The minimum absolute atomic E-state index is 0.0855. The van der Waals surface area contributed by atoms with Crippen molar-refractivity contribution in [1.82, 2.24) is 20.0 Å². The maximum Gasteiger partial charge on any atom is 0.338 e. The molecular formula is C31H38N4O8. The van der Waals surface area contributed by atoms with Crippen LogP contribution in [0.1, 0.15) is 42.7 Å². The number of hydrogen-bond donors (Lipinski definition) is 1. The van der Waals surface area contributed by atoms with Crippen LogP contribution in [-0.2, 0) is 9.53 Å². The molecule has 43 heavy (non-hydrogen) atoms. The molecule has 1 N–H and O–H groups in total. The summed E-state index contributed by atoms with van der Waals surface area (Å²) in [6.07, 6.45) is 0. The lowest BCUT2D eigenvalue weighted by molar-refractivity contribution is -0.139. The van der Waals surface area contributed by atoms with Gasteiger partial charge >= 0.3 is 12.0 Å². The summed E-state index contributed by atoms with van der Waals surface area (Å²) in [5.41, 5.74) is 2.14. The van der Waals surface area contributed by atoms with Crippen molar-refractivity contribution in [3.05, 3.63) is 58.8 Å². The monoisotopic (exact) mass is 594 g/mol. The highest BCUT2D eigenvalue weighted by atomic mass is 16.7. The van der Waals surface area contributed by atoms with Crippen LogP contribution in [0.25, 0.3) is 0 Å². The van der Waals surface area contributed by atoms with E-state index in [4.69, 9.17) is 23.7 Å². The Morgan fingerprint density at radius 2 is 1.77 bits per heavy atom. The zero-order valence-corrected chi connectivity index (χ0v) is 25.2. The first-order valence-electron chi connectivity index (χ1n) is 14.4. The average Bonchev–Trinajstić information content (AvgIpc) is 3.48. The van der Waals surface area contributed by atoms with Crippen molar-refractivity contribution in [3.63, 3.8) is 0 Å². The van der Waals surface area contributed by atoms with E-state index in [1.807, 2.05) is 18.7 Å². The molecule has 1 saturated heterocycles. The molecule has 12 nitrogen and oxygen atoms in total. The van der Waals surface area contributed by atoms with Crippen molar-refractivity contribution in [3.8, 4) is 23.0 Å². The molecule has 3 heterocycles. The summed E-state index contributed by atoms with van der Waals surface area (Å²) in [6, 6.07) is 9.33. The van der Waals surface area contributed by atoms with Crippen LogP contribution in [0.5, 0.6) is 23.0 Å². The molecule has 0 saturated carbocycles. The van der Waals surface area contributed by atoms with E-state index in [2.05, 4.69) is 10.2 Å². The van der Waals surface area contributed by atoms with E-state index >= 15 is 0 Å². The fourth-order valence-corrected chi connectivity index (χ4v) is 5.83. The third kappa shape index (κ3) is 5.92. The molecule has 2 atom stereocenters. The lowest BCUT2D eigenvalue weighted by atomic mass is 9.93. The number of nitrogens with one attached hydrogen (secondary N) is 1. The van der Waals surface area contributed by atoms with Crippen molar-refractivity contribution in [2.45, 2.75) is 32.9 Å². The molecule has 2 aromatic carbocycles. The fraction of sp³-hybridized carbons (Fsp3) is 0.452. The van der Waals surface area contributed by atoms with E-state index in [0.29, 0.717) is 78.1 Å². The number of urea groups is 1. The van der Waals surface area contributed by atoms with Crippen molar-refractivity contribution in [2.75, 3.05) is 60.3 Å². The average molecular weight is 595 g/mol. The van der Waals surface area contributed by atoms with Gasteiger partial charge in [0.25, 0.3) is 5.91 Å². The topological polar surface area (TPSA) is 119 Å². The summed E-state index contributed by atoms with van der Waals surface area (Å²) in [7, 11) is 3.08. The van der Waals surface area contributed by atoms with Crippen molar-refractivity contribution >= 4 is 17.9 Å². The highest BCUT2D eigenvalue weighted by Crippen LogP contribution is 2.37. The second-order valence-corrected chi connectivity index (χ2v) is 10.5. The SMILES string of the molecule is CCOC(=O)C1=C(CN2CCN(C(=O)c3ccc4c(c3)OCO4)C(C)C2)N(CC)C(=O)NC1c1ccc(OC)c(OC)c1. The summed E-state index contributed by atoms with van der Waals surface area (Å²) in [5.74, 6) is 1.62. The Morgan fingerprint density at radius 1 is 1.00 bits per heavy atom. The third-order valence-electron chi connectivity index (χ3n) is 7.96. The van der Waals surface area contributed by atoms with Gasteiger partial charge in [-0.15, -0.1) is 0 Å². The number of nitrogens with zero attached hydrogens (tertiary/aromatic N) is 3. The number of benzene rings is 2. The summed E-state index contributed by atoms with van der Waals surface area (Å²) in [5, 5.41) is 2.99. The van der Waals surface area contributed by atoms with Crippen molar-refractivity contribution in [1.29, 1.82) is 0 Å². The highest BCUT2D eigenvalue weighted by Gasteiger charge is 2.39. The van der Waals surface area contributed by atoms with Gasteiger partial charge in [-0.25, -0.2) is 9.59 Å². The number of fused-ring (bicyclic) bond motifs is 1. The van der Waals surface area contributed by atoms with Crippen LogP contribution in [0, 0.1) is 0 Å². The number of carbonyl (C=O) groups excluding carboxylic acids is 3. The number of likely N-dealkylation sites (N-methyl/N-ethyl adjacent to an activating group) is 1. The quantitative estimate of drug-likeness (QED) is 0.437. The van der Waals surface area contributed by atoms with Crippen LogP contribution < -0.4 is 24.3 Å². The van der Waals surface area contributed by atoms with Crippen LogP contribution in [0.15, 0.2) is 47.7 Å². The molecule has 2 unspecified atom stereocenters. The Balaban J connectivity index is 1.42. The van der Waals surface area contributed by atoms with Gasteiger partial charge < -0.3 is 33.9 Å². The lowest BCUT2D eigenvalue weighted by Crippen LogP contribution is -2.56. The molecule has 12 heteroatoms. The van der Waals surface area contributed by atoms with Crippen LogP contribution in [-0.4, -0.2) is 99.0 Å². The minimum Gasteiger partial charge on any atom is -0.493 e. The third-order valence-corrected chi connectivity index (χ3v) is 7.96. The molecule has 2 aromatic rings. The zero-order chi connectivity index (χ0) is 30.7. The van der Waals surface area contributed by atoms with Crippen molar-refractivity contribution < 1.29 is 38.1 Å². The molecule has 230 valence electrons. The molecule has 0 aliphatic carbocycles. The Labute approximate surface area is 251 Å². The number of amides is 3. The zero-order valence-electron chi connectivity index (χ0n) is 25.2. The molecule has 0 radical (unpaired) electrons. The van der Waals surface area contributed by atoms with E-state index < -0.39 is 12.0 Å². The van der Waals surface area contributed by atoms with Crippen LogP contribution >= 0.6 is 0 Å². The van der Waals surface area contributed by atoms with Gasteiger partial charge in [0, 0.05) is 50.0 Å². The first-order valence-corrected chi connectivity index (χ1v) is 14.4. The van der Waals surface area contributed by atoms with E-state index in [1.54, 1.807) is 55.3 Å². The summed E-state index contributed by atoms with van der Waals surface area (Å²) >= 11 is 0. The summed E-state index contributed by atoms with van der Waals surface area (Å²) in [4.78, 5) is 45.9. The Kier molecular flexibility index (Phi) is 8.95. The van der Waals surface area contributed by atoms with Gasteiger partial charge in [-0.1, -0.05) is 6.07 Å². The van der Waals surface area contributed by atoms with Crippen LogP contribution in [0.2, 0.25) is 0 Å². The van der Waals surface area contributed by atoms with Gasteiger partial charge in [0.05, 0.1) is 32.4 Å². The van der Waals surface area contributed by atoms with Crippen molar-refractivity contribution in [2.24, 2.45) is 0 Å². The molecule has 0 spiro atoms. The minimum atomic E-state index is -0.754. The Morgan fingerprint density at radius 3 is 2.47 bits per heavy atom. The van der Waals surface area contributed by atoms with Crippen LogP contribution in [0.3, 0.4) is 0 Å². The predicted octanol–water partition coefficient (Wildman–Crippen LogP) is 3.18. The van der Waals surface area contributed by atoms with E-state index in [-0.39, 0.29) is 31.4 Å². The molecular weight excluding hydrogens is 556 g/mol. The molecule has 1 fully saturated rings. The van der Waals surface area contributed by atoms with E-state index in [0.717, 1.165) is 0 Å². The van der Waals surface area contributed by atoms with E-state index in [9.17, 15) is 14.4 Å². The highest BCUT2D eigenvalue weighted by molar-refractivity contribution is 5.96. The molecule has 0 aromatic heterocycles. The lowest BCUT2D eigenvalue weighted by Gasteiger charge is -2.43. The van der Waals surface area contributed by atoms with Gasteiger partial charge in [-0.05, 0) is 56.7 Å². The number of rotatable bonds is 9. The van der Waals surface area contributed by atoms with Gasteiger partial charge in [0.15, 0.2) is 23.0 Å². The maximum absolute atomic E-state index is 13.5. The normalized spacial score (nSPS) is 20.2. The van der Waals surface area contributed by atoms with Gasteiger partial charge in [-0.2, -0.15) is 0 Å². The largest absolute Gasteiger partial charge is 0.493 e. The number of methoxy groups -OCH3 is 2. The second-order valence-electron chi connectivity index (χ2n) is 10.5. The number of ether oxygens (including phenoxy) is 5. The Hall–Kier alpha value is -4.45. The maximum atomic E-state index is 13.5. The molecule has 5 rings (SSSR count). The van der Waals surface area contributed by atoms with Crippen LogP contribution in [0.4, 0.5) is 4.79 Å². The van der Waals surface area contributed by atoms with Gasteiger partial charge in [0.2, 0.25) is 6.79 Å². The summed E-state index contributed by atoms with van der Waals surface area (Å²) < 4.78 is 27.2. The molecule has 3 aliphatic rings. The number of piperazine rings is 1. The van der Waals surface area contributed by atoms with E-state index in [1.165, 1.54) is 7.11 Å². The van der Waals surface area contributed by atoms with Gasteiger partial charge in [-0.3, -0.25) is 14.6 Å². The first kappa shape index (κ1) is 30.0. The first-order chi connectivity index (χ1) is 20.8. The summed E-state index contributed by atoms with van der Waals surface area (Å²) in [6.45, 7) is 8.22. The predicted molar refractivity (Wildman–Crippen MR) is 156 cm³/mol. The standard InChI is InChI=1S/C31H38N4O8/c1-6-34-22(17-33-12-13-35(19(3)16-33)29(36)21-9-11-24-26(15-21)43-18-42-24)27(30(37)41-7-2)28(32-31(34)38)20-8-10-23(39-4)25(14-20)40-5/h8-11,14-15,19,28H,6-7,12-13,16-18H2,1-5H3,(H,32,38). The second kappa shape index (κ2) is 12.8. The smallest absolute Gasteiger partial charge is 0.338 e. The molecule has 3 aliphatic heterocycles. The molecule has 3 amide bonds.